The van der Waals surface area contributed by atoms with Gasteiger partial charge in [0.2, 0.25) is 0 Å². The highest BCUT2D eigenvalue weighted by atomic mass is 28.2. The molecule has 0 spiro atoms. The lowest BCUT2D eigenvalue weighted by molar-refractivity contribution is 1.14. The highest BCUT2D eigenvalue weighted by Gasteiger charge is 2.07. The fourth-order valence-electron chi connectivity index (χ4n) is 1.94. The number of nitrogens with zero attached hydrogens (tertiary/aromatic N) is 1. The minimum Gasteiger partial charge on any atom is -0.345 e. The molecular formula is C15H19NSi. The second kappa shape index (κ2) is 6.26. The summed E-state index contributed by atoms with van der Waals surface area (Å²) in [4.78, 5) is 2.44. The lowest BCUT2D eigenvalue weighted by Gasteiger charge is -2.24. The van der Waals surface area contributed by atoms with E-state index in [0.717, 1.165) is 0 Å². The fourth-order valence-corrected chi connectivity index (χ4v) is 3.09. The monoisotopic (exact) mass is 241 g/mol. The molecule has 0 amide bonds. The number of hydrogen-bond acceptors (Lipinski definition) is 1. The zero-order chi connectivity index (χ0) is 11.9. The number of hydrogen-bond donors (Lipinski definition) is 0. The van der Waals surface area contributed by atoms with Crippen LogP contribution in [0.5, 0.6) is 0 Å². The molecule has 0 aromatic heterocycles. The Hall–Kier alpha value is -1.54. The van der Waals surface area contributed by atoms with Gasteiger partial charge in [-0.05, 0) is 24.3 Å². The maximum Gasteiger partial charge on any atom is 0.0438 e. The van der Waals surface area contributed by atoms with E-state index in [1.807, 2.05) is 0 Å². The normalized spacial score (nSPS) is 10.9. The Balaban J connectivity index is 2.26. The molecule has 0 N–H and O–H groups in total. The summed E-state index contributed by atoms with van der Waals surface area (Å²) >= 11 is 0. The van der Waals surface area contributed by atoms with Crippen molar-refractivity contribution >= 4 is 20.9 Å². The molecule has 2 aromatic rings. The van der Waals surface area contributed by atoms with E-state index in [2.05, 4.69) is 72.5 Å². The first-order chi connectivity index (χ1) is 8.42. The number of rotatable bonds is 5. The molecule has 0 bridgehead atoms. The molecule has 0 saturated heterocycles. The van der Waals surface area contributed by atoms with Crippen LogP contribution in [0, 0.1) is 0 Å². The summed E-state index contributed by atoms with van der Waals surface area (Å²) in [7, 11) is 0.0126. The highest BCUT2D eigenvalue weighted by molar-refractivity contribution is 6.36. The molecule has 0 unspecified atom stereocenters. The summed E-state index contributed by atoms with van der Waals surface area (Å²) in [6.07, 6.45) is 1.21. The van der Waals surface area contributed by atoms with Gasteiger partial charge in [0.15, 0.2) is 0 Å². The Morgan fingerprint density at radius 3 is 1.71 bits per heavy atom. The topological polar surface area (TPSA) is 3.24 Å². The average Bonchev–Trinajstić information content (AvgIpc) is 2.42. The average molecular weight is 241 g/mol. The Morgan fingerprint density at radius 2 is 1.29 bits per heavy atom. The van der Waals surface area contributed by atoms with Crippen LogP contribution in [-0.2, 0) is 0 Å². The number of benzene rings is 2. The number of anilines is 2. The fraction of sp³-hybridized carbons (Fsp3) is 0.200. The van der Waals surface area contributed by atoms with Gasteiger partial charge in [0.1, 0.15) is 0 Å². The summed E-state index contributed by atoms with van der Waals surface area (Å²) in [5.74, 6) is 0. The van der Waals surface area contributed by atoms with Gasteiger partial charge < -0.3 is 4.90 Å². The molecule has 1 nitrogen and oxygen atoms in total. The van der Waals surface area contributed by atoms with Gasteiger partial charge >= 0.3 is 0 Å². The minimum absolute atomic E-state index is 0.0126. The molecular weight excluding hydrogens is 222 g/mol. The van der Waals surface area contributed by atoms with Crippen LogP contribution < -0.4 is 4.90 Å². The van der Waals surface area contributed by atoms with E-state index in [0.29, 0.717) is 0 Å². The summed E-state index contributed by atoms with van der Waals surface area (Å²) in [6.45, 7) is 2.29. The van der Waals surface area contributed by atoms with E-state index < -0.39 is 0 Å². The zero-order valence-electron chi connectivity index (χ0n) is 10.3. The first-order valence-corrected chi connectivity index (χ1v) is 8.29. The largest absolute Gasteiger partial charge is 0.345 e. The summed E-state index contributed by atoms with van der Waals surface area (Å²) in [6, 6.07) is 22.7. The van der Waals surface area contributed by atoms with Gasteiger partial charge in [-0.2, -0.15) is 0 Å². The first-order valence-electron chi connectivity index (χ1n) is 6.29. The van der Waals surface area contributed by atoms with Crippen molar-refractivity contribution in [3.05, 3.63) is 60.7 Å². The Labute approximate surface area is 106 Å². The lowest BCUT2D eigenvalue weighted by atomic mass is 10.2. The maximum atomic E-state index is 2.44. The Morgan fingerprint density at radius 1 is 0.824 bits per heavy atom. The molecule has 0 aliphatic heterocycles. The zero-order valence-corrected chi connectivity index (χ0v) is 11.8. The van der Waals surface area contributed by atoms with E-state index >= 15 is 0 Å². The third-order valence-electron chi connectivity index (χ3n) is 2.87. The van der Waals surface area contributed by atoms with E-state index in [4.69, 9.17) is 0 Å². The van der Waals surface area contributed by atoms with Crippen molar-refractivity contribution in [2.45, 2.75) is 13.0 Å². The van der Waals surface area contributed by atoms with Crippen molar-refractivity contribution in [2.75, 3.05) is 11.1 Å². The molecule has 17 heavy (non-hydrogen) atoms. The minimum atomic E-state index is 0.0126. The van der Waals surface area contributed by atoms with Crippen LogP contribution in [0.4, 0.5) is 11.4 Å². The van der Waals surface area contributed by atoms with Crippen LogP contribution >= 0.6 is 0 Å². The predicted octanol–water partition coefficient (Wildman–Crippen LogP) is 3.39. The molecule has 0 heterocycles. The molecule has 0 aliphatic rings. The smallest absolute Gasteiger partial charge is 0.0438 e. The molecule has 0 aliphatic carbocycles. The summed E-state index contributed by atoms with van der Waals surface area (Å²) < 4.78 is 0. The third-order valence-corrected chi connectivity index (χ3v) is 4.34. The SMILES string of the molecule is CC[SiH2]CN(c1ccccc1)c1ccccc1. The van der Waals surface area contributed by atoms with Crippen molar-refractivity contribution in [2.24, 2.45) is 0 Å². The standard InChI is InChI=1S/C15H19NSi/c1-2-17-13-16(14-9-5-3-6-10-14)15-11-7-4-8-12-15/h3-12H,2,13,17H2,1H3. The maximum absolute atomic E-state index is 2.44. The molecule has 2 heteroatoms. The van der Waals surface area contributed by atoms with E-state index in [-0.39, 0.29) is 9.52 Å². The molecule has 0 saturated carbocycles. The first kappa shape index (κ1) is 11.9. The molecule has 0 fully saturated rings. The molecule has 2 aromatic carbocycles. The molecule has 0 radical (unpaired) electrons. The Kier molecular flexibility index (Phi) is 4.39. The quantitative estimate of drug-likeness (QED) is 0.725. The van der Waals surface area contributed by atoms with Crippen molar-refractivity contribution in [3.63, 3.8) is 0 Å². The third kappa shape index (κ3) is 3.20. The van der Waals surface area contributed by atoms with Crippen LogP contribution in [0.25, 0.3) is 0 Å². The lowest BCUT2D eigenvalue weighted by Crippen LogP contribution is -2.22. The van der Waals surface area contributed by atoms with Crippen LogP contribution in [0.2, 0.25) is 6.04 Å². The second-order valence-electron chi connectivity index (χ2n) is 4.18. The van der Waals surface area contributed by atoms with Crippen LogP contribution in [0.1, 0.15) is 6.92 Å². The van der Waals surface area contributed by atoms with E-state index in [9.17, 15) is 0 Å². The van der Waals surface area contributed by atoms with Crippen molar-refractivity contribution < 1.29 is 0 Å². The van der Waals surface area contributed by atoms with Gasteiger partial charge in [-0.25, -0.2) is 0 Å². The molecule has 2 rings (SSSR count). The van der Waals surface area contributed by atoms with Crippen LogP contribution in [-0.4, -0.2) is 15.7 Å². The van der Waals surface area contributed by atoms with E-state index in [1.165, 1.54) is 23.6 Å². The predicted molar refractivity (Wildman–Crippen MR) is 78.9 cm³/mol. The van der Waals surface area contributed by atoms with Gasteiger partial charge in [-0.3, -0.25) is 0 Å². The van der Waals surface area contributed by atoms with Crippen LogP contribution in [0.15, 0.2) is 60.7 Å². The Bertz CT molecular complexity index is 388. The highest BCUT2D eigenvalue weighted by Crippen LogP contribution is 2.23. The van der Waals surface area contributed by atoms with Gasteiger partial charge in [0.05, 0.1) is 0 Å². The van der Waals surface area contributed by atoms with Gasteiger partial charge in [-0.15, -0.1) is 0 Å². The van der Waals surface area contributed by atoms with Crippen molar-refractivity contribution in [3.8, 4) is 0 Å². The van der Waals surface area contributed by atoms with Crippen LogP contribution in [0.3, 0.4) is 0 Å². The number of para-hydroxylation sites is 2. The van der Waals surface area contributed by atoms with Gasteiger partial charge in [0.25, 0.3) is 0 Å². The van der Waals surface area contributed by atoms with Gasteiger partial charge in [0, 0.05) is 27.1 Å². The molecule has 88 valence electrons. The summed E-state index contributed by atoms with van der Waals surface area (Å²) in [5, 5.41) is 0. The van der Waals surface area contributed by atoms with Crippen molar-refractivity contribution in [1.82, 2.24) is 0 Å². The van der Waals surface area contributed by atoms with E-state index in [1.54, 1.807) is 0 Å². The molecule has 0 atom stereocenters. The summed E-state index contributed by atoms with van der Waals surface area (Å²) in [5.41, 5.74) is 2.61. The van der Waals surface area contributed by atoms with Gasteiger partial charge in [-0.1, -0.05) is 49.4 Å². The second-order valence-corrected chi connectivity index (χ2v) is 6.33. The van der Waals surface area contributed by atoms with Crippen molar-refractivity contribution in [1.29, 1.82) is 0 Å².